The second kappa shape index (κ2) is 8.67. The van der Waals surface area contributed by atoms with Crippen molar-refractivity contribution in [2.24, 2.45) is 4.99 Å². The topological polar surface area (TPSA) is 103 Å². The third-order valence-corrected chi connectivity index (χ3v) is 3.26. The first-order chi connectivity index (χ1) is 11.1. The van der Waals surface area contributed by atoms with Crippen LogP contribution in [-0.2, 0) is 11.3 Å². The van der Waals surface area contributed by atoms with Crippen LogP contribution in [0.15, 0.2) is 46.0 Å². The van der Waals surface area contributed by atoms with Crippen LogP contribution in [0, 0.1) is 0 Å². The highest BCUT2D eigenvalue weighted by Crippen LogP contribution is 2.09. The van der Waals surface area contributed by atoms with E-state index in [1.54, 1.807) is 35.1 Å². The molecule has 1 aromatic heterocycles. The molecule has 122 valence electrons. The van der Waals surface area contributed by atoms with Gasteiger partial charge in [-0.2, -0.15) is 0 Å². The molecule has 0 fully saturated rings. The number of benzene rings is 1. The van der Waals surface area contributed by atoms with Crippen LogP contribution in [-0.4, -0.2) is 22.2 Å². The van der Waals surface area contributed by atoms with Gasteiger partial charge in [-0.3, -0.25) is 9.32 Å². The van der Waals surface area contributed by atoms with Crippen molar-refractivity contribution in [3.63, 3.8) is 0 Å². The summed E-state index contributed by atoms with van der Waals surface area (Å²) in [5, 5.41) is 24.3. The van der Waals surface area contributed by atoms with Gasteiger partial charge in [0.15, 0.2) is 6.54 Å². The molecule has 2 rings (SSSR count). The van der Waals surface area contributed by atoms with E-state index < -0.39 is 5.97 Å². The smallest absolute Gasteiger partial charge is 0.320 e. The van der Waals surface area contributed by atoms with Gasteiger partial charge < -0.3 is 10.2 Å². The molecule has 1 N–H and O–H groups in total. The molecule has 0 aliphatic heterocycles. The van der Waals surface area contributed by atoms with Crippen molar-refractivity contribution < 1.29 is 24.2 Å². The summed E-state index contributed by atoms with van der Waals surface area (Å²) in [5.74, 6) is -0.961. The van der Waals surface area contributed by atoms with E-state index in [-0.39, 0.29) is 18.2 Å². The van der Waals surface area contributed by atoms with Gasteiger partial charge in [-0.25, -0.2) is 4.99 Å². The quantitative estimate of drug-likeness (QED) is 0.326. The van der Waals surface area contributed by atoms with E-state index in [4.69, 9.17) is 9.63 Å². The number of hydrogen-bond donors (Lipinski definition) is 1. The Morgan fingerprint density at radius 3 is 2.70 bits per heavy atom. The number of carboxylic acids is 1. The van der Waals surface area contributed by atoms with Gasteiger partial charge in [-0.05, 0) is 24.3 Å². The van der Waals surface area contributed by atoms with Crippen molar-refractivity contribution in [1.29, 1.82) is 0 Å². The first-order valence-electron chi connectivity index (χ1n) is 7.54. The lowest BCUT2D eigenvalue weighted by atomic mass is 10.1. The summed E-state index contributed by atoms with van der Waals surface area (Å²) in [7, 11) is 0. The predicted octanol–water partition coefficient (Wildman–Crippen LogP) is 1.44. The summed E-state index contributed by atoms with van der Waals surface area (Å²) >= 11 is 0. The second-order valence-electron chi connectivity index (χ2n) is 5.14. The first-order valence-corrected chi connectivity index (χ1v) is 7.54. The van der Waals surface area contributed by atoms with Gasteiger partial charge in [0.2, 0.25) is 5.27 Å². The van der Waals surface area contributed by atoms with Gasteiger partial charge >= 0.3 is 11.9 Å². The molecular formula is C16H19N3O4. The number of rotatable bonds is 9. The largest absolute Gasteiger partial charge is 0.858 e. The summed E-state index contributed by atoms with van der Waals surface area (Å²) < 4.78 is 6.61. The normalized spacial score (nSPS) is 11.6. The Morgan fingerprint density at radius 2 is 1.96 bits per heavy atom. The number of aryl methyl sites for hydroxylation is 1. The molecule has 23 heavy (non-hydrogen) atoms. The Labute approximate surface area is 133 Å². The number of carboxylic acid groups (broad SMARTS) is 1. The van der Waals surface area contributed by atoms with Crippen molar-refractivity contribution >= 4 is 17.8 Å². The molecular weight excluding hydrogens is 298 g/mol. The predicted molar refractivity (Wildman–Crippen MR) is 80.1 cm³/mol. The maximum absolute atomic E-state index is 11.9. The number of aliphatic imine (C=N–C) groups is 1. The lowest BCUT2D eigenvalue weighted by molar-refractivity contribution is -0.762. The van der Waals surface area contributed by atoms with Crippen LogP contribution in [0.25, 0.3) is 0 Å². The Bertz CT molecular complexity index is 652. The average molecular weight is 317 g/mol. The number of carbonyl (C=O) groups is 1. The van der Waals surface area contributed by atoms with Crippen molar-refractivity contribution in [3.05, 3.63) is 42.1 Å². The molecule has 0 saturated carbocycles. The minimum absolute atomic E-state index is 0.171. The Morgan fingerprint density at radius 1 is 1.22 bits per heavy atom. The minimum Gasteiger partial charge on any atom is -0.858 e. The first kappa shape index (κ1) is 16.7. The van der Waals surface area contributed by atoms with E-state index >= 15 is 0 Å². The molecule has 0 saturated heterocycles. The molecule has 0 spiro atoms. The maximum Gasteiger partial charge on any atom is 0.320 e. The molecule has 0 amide bonds. The van der Waals surface area contributed by atoms with E-state index in [9.17, 15) is 9.90 Å². The zero-order valence-electron chi connectivity index (χ0n) is 12.7. The lowest BCUT2D eigenvalue weighted by Gasteiger charge is -2.07. The zero-order chi connectivity index (χ0) is 16.5. The Balaban J connectivity index is 1.78. The molecule has 0 radical (unpaired) electrons. The third-order valence-electron chi connectivity index (χ3n) is 3.26. The highest BCUT2D eigenvalue weighted by Gasteiger charge is 2.10. The molecule has 0 bridgehead atoms. The van der Waals surface area contributed by atoms with E-state index in [2.05, 4.69) is 10.3 Å². The number of aromatic nitrogens is 2. The molecule has 1 heterocycles. The fourth-order valence-corrected chi connectivity index (χ4v) is 2.07. The third kappa shape index (κ3) is 5.90. The minimum atomic E-state index is -0.759. The van der Waals surface area contributed by atoms with Crippen molar-refractivity contribution in [1.82, 2.24) is 5.27 Å². The fraction of sp³-hybridized carbons (Fsp3) is 0.375. The average Bonchev–Trinajstić information content (AvgIpc) is 2.98. The Kier molecular flexibility index (Phi) is 6.28. The van der Waals surface area contributed by atoms with Gasteiger partial charge in [0.05, 0.1) is 0 Å². The monoisotopic (exact) mass is 317 g/mol. The number of hydrogen-bond acceptors (Lipinski definition) is 5. The summed E-state index contributed by atoms with van der Waals surface area (Å²) in [4.78, 5) is 14.3. The number of unbranched alkanes of at least 4 members (excludes halogenated alkanes) is 3. The highest BCUT2D eigenvalue weighted by atomic mass is 16.5. The van der Waals surface area contributed by atoms with Gasteiger partial charge in [-0.15, -0.1) is 0 Å². The number of nitrogens with zero attached hydrogens (tertiary/aromatic N) is 3. The molecule has 0 aliphatic rings. The summed E-state index contributed by atoms with van der Waals surface area (Å²) in [5.41, 5.74) is 0.494. The molecule has 7 nitrogen and oxygen atoms in total. The maximum atomic E-state index is 11.9. The molecule has 0 aliphatic carbocycles. The van der Waals surface area contributed by atoms with Gasteiger partial charge in [-0.1, -0.05) is 41.4 Å². The van der Waals surface area contributed by atoms with Crippen LogP contribution in [0.3, 0.4) is 0 Å². The zero-order valence-corrected chi connectivity index (χ0v) is 12.7. The fourth-order valence-electron chi connectivity index (χ4n) is 2.07. The SMILES string of the molecule is O=C(O)CCCCCC[n+]1cc(/N=C(\[O-])c2ccccc2)on1. The van der Waals surface area contributed by atoms with Crippen LogP contribution >= 0.6 is 0 Å². The summed E-state index contributed by atoms with van der Waals surface area (Å²) in [6.45, 7) is 0.644. The van der Waals surface area contributed by atoms with Gasteiger partial charge in [0, 0.05) is 12.8 Å². The van der Waals surface area contributed by atoms with Crippen molar-refractivity contribution in [2.75, 3.05) is 0 Å². The van der Waals surface area contributed by atoms with Gasteiger partial charge in [0.25, 0.3) is 6.20 Å². The van der Waals surface area contributed by atoms with E-state index in [0.717, 1.165) is 19.3 Å². The molecule has 0 atom stereocenters. The number of aliphatic carboxylic acids is 1. The van der Waals surface area contributed by atoms with Crippen LogP contribution in [0.5, 0.6) is 0 Å². The van der Waals surface area contributed by atoms with Crippen LogP contribution in [0.4, 0.5) is 5.88 Å². The summed E-state index contributed by atoms with van der Waals surface area (Å²) in [6.07, 6.45) is 5.13. The van der Waals surface area contributed by atoms with Crippen molar-refractivity contribution in [3.8, 4) is 0 Å². The molecule has 0 unspecified atom stereocenters. The van der Waals surface area contributed by atoms with Crippen LogP contribution < -0.4 is 9.79 Å². The van der Waals surface area contributed by atoms with Crippen molar-refractivity contribution in [2.45, 2.75) is 38.6 Å². The molecule has 7 heteroatoms. The molecule has 2 aromatic rings. The summed E-state index contributed by atoms with van der Waals surface area (Å²) in [6, 6.07) is 8.75. The highest BCUT2D eigenvalue weighted by molar-refractivity contribution is 5.91. The second-order valence-corrected chi connectivity index (χ2v) is 5.14. The molecule has 1 aromatic carbocycles. The van der Waals surface area contributed by atoms with Crippen LogP contribution in [0.1, 0.15) is 37.7 Å². The van der Waals surface area contributed by atoms with Crippen LogP contribution in [0.2, 0.25) is 0 Å². The lowest BCUT2D eigenvalue weighted by Crippen LogP contribution is -2.34. The van der Waals surface area contributed by atoms with E-state index in [0.29, 0.717) is 18.5 Å². The van der Waals surface area contributed by atoms with E-state index in [1.165, 1.54) is 0 Å². The van der Waals surface area contributed by atoms with E-state index in [1.807, 2.05) is 6.07 Å². The Hall–Kier alpha value is -2.70. The van der Waals surface area contributed by atoms with Gasteiger partial charge in [0.1, 0.15) is 0 Å². The standard InChI is InChI=1S/C16H19N3O4/c20-15(21)10-6-1-2-7-11-19-12-14(23-18-19)17-16(22)13-8-4-3-5-9-13/h3-5,8-9,12H,1-2,6-7,10-11H2,(H-,17,18,20,21,22).